The van der Waals surface area contributed by atoms with Crippen LogP contribution >= 0.6 is 0 Å². The molecule has 0 aliphatic carbocycles. The summed E-state index contributed by atoms with van der Waals surface area (Å²) in [6, 6.07) is 13.0. The molecule has 4 rings (SSSR count). The Kier molecular flexibility index (Phi) is 4.41. The highest BCUT2D eigenvalue weighted by Crippen LogP contribution is 2.29. The molecule has 0 spiro atoms. The minimum atomic E-state index is -0.282. The van der Waals surface area contributed by atoms with Gasteiger partial charge in [0.15, 0.2) is 5.82 Å². The van der Waals surface area contributed by atoms with Crippen LogP contribution in [0.4, 0.5) is 11.5 Å². The van der Waals surface area contributed by atoms with Crippen LogP contribution in [0.25, 0.3) is 16.8 Å². The summed E-state index contributed by atoms with van der Waals surface area (Å²) in [4.78, 5) is 23.4. The predicted octanol–water partition coefficient (Wildman–Crippen LogP) is 2.53. The quantitative estimate of drug-likeness (QED) is 0.612. The molecule has 1 aromatic heterocycles. The lowest BCUT2D eigenvalue weighted by Gasteiger charge is -2.17. The molecular formula is C21H19N5O2. The van der Waals surface area contributed by atoms with Crippen LogP contribution in [0.15, 0.2) is 61.3 Å². The number of anilines is 2. The highest BCUT2D eigenvalue weighted by Gasteiger charge is 2.18. The van der Waals surface area contributed by atoms with Gasteiger partial charge in [-0.3, -0.25) is 9.59 Å². The molecule has 0 fully saturated rings. The Morgan fingerprint density at radius 2 is 2.11 bits per heavy atom. The van der Waals surface area contributed by atoms with E-state index in [1.54, 1.807) is 16.8 Å². The third-order valence-electron chi connectivity index (χ3n) is 4.65. The minimum absolute atomic E-state index is 0.0464. The van der Waals surface area contributed by atoms with E-state index >= 15 is 0 Å². The van der Waals surface area contributed by atoms with Crippen molar-refractivity contribution < 1.29 is 9.59 Å². The van der Waals surface area contributed by atoms with E-state index in [0.29, 0.717) is 23.6 Å². The van der Waals surface area contributed by atoms with Gasteiger partial charge in [-0.15, -0.1) is 0 Å². The number of amides is 2. The molecular weight excluding hydrogens is 354 g/mol. The average molecular weight is 373 g/mol. The second-order valence-electron chi connectivity index (χ2n) is 6.49. The fourth-order valence-corrected chi connectivity index (χ4v) is 3.26. The van der Waals surface area contributed by atoms with Gasteiger partial charge in [0, 0.05) is 29.6 Å². The van der Waals surface area contributed by atoms with E-state index in [4.69, 9.17) is 5.73 Å². The molecule has 4 N–H and O–H groups in total. The van der Waals surface area contributed by atoms with E-state index in [-0.39, 0.29) is 11.8 Å². The standard InChI is InChI=1S/C21H19N5O2/c1-2-19(27)24-15-4-3-5-16(11-15)26-12-18(20(22)25-26)13-6-7-17-14(10-13)8-9-23-21(17)28/h2-7,10-12H,1,8-9H2,(H2,22,25)(H,23,28)(H,24,27). The first-order valence-electron chi connectivity index (χ1n) is 8.85. The van der Waals surface area contributed by atoms with Crippen molar-refractivity contribution in [2.24, 2.45) is 0 Å². The minimum Gasteiger partial charge on any atom is -0.382 e. The van der Waals surface area contributed by atoms with Crippen molar-refractivity contribution in [3.05, 3.63) is 72.4 Å². The average Bonchev–Trinajstić information content (AvgIpc) is 3.10. The maximum absolute atomic E-state index is 11.9. The maximum Gasteiger partial charge on any atom is 0.251 e. The Labute approximate surface area is 161 Å². The zero-order chi connectivity index (χ0) is 19.7. The Bertz CT molecular complexity index is 1100. The van der Waals surface area contributed by atoms with E-state index in [1.807, 2.05) is 36.5 Å². The SMILES string of the molecule is C=CC(=O)Nc1cccc(-n2cc(-c3ccc4c(c3)CCNC4=O)c(N)n2)c1. The fraction of sp³-hybridized carbons (Fsp3) is 0.0952. The summed E-state index contributed by atoms with van der Waals surface area (Å²) in [6.45, 7) is 4.08. The molecule has 2 aromatic carbocycles. The fourth-order valence-electron chi connectivity index (χ4n) is 3.26. The summed E-state index contributed by atoms with van der Waals surface area (Å²) < 4.78 is 1.67. The number of fused-ring (bicyclic) bond motifs is 1. The van der Waals surface area contributed by atoms with Gasteiger partial charge in [0.25, 0.3) is 5.91 Å². The number of rotatable bonds is 4. The number of aromatic nitrogens is 2. The number of hydrogen-bond donors (Lipinski definition) is 3. The van der Waals surface area contributed by atoms with Crippen LogP contribution in [0.3, 0.4) is 0 Å². The van der Waals surface area contributed by atoms with Crippen molar-refractivity contribution in [3.8, 4) is 16.8 Å². The highest BCUT2D eigenvalue weighted by molar-refractivity contribution is 5.99. The summed E-state index contributed by atoms with van der Waals surface area (Å²) >= 11 is 0. The van der Waals surface area contributed by atoms with Crippen molar-refractivity contribution in [2.75, 3.05) is 17.6 Å². The molecule has 1 aliphatic heterocycles. The van der Waals surface area contributed by atoms with Gasteiger partial charge in [0.1, 0.15) is 0 Å². The van der Waals surface area contributed by atoms with Crippen LogP contribution in [0, 0.1) is 0 Å². The Morgan fingerprint density at radius 1 is 1.25 bits per heavy atom. The summed E-state index contributed by atoms with van der Waals surface area (Å²) in [5.74, 6) is 0.0616. The lowest BCUT2D eigenvalue weighted by atomic mass is 9.96. The summed E-state index contributed by atoms with van der Waals surface area (Å²) in [6.07, 6.45) is 3.84. The van der Waals surface area contributed by atoms with Gasteiger partial charge in [-0.05, 0) is 47.9 Å². The number of benzene rings is 2. The molecule has 3 aromatic rings. The molecule has 28 heavy (non-hydrogen) atoms. The summed E-state index contributed by atoms with van der Waals surface area (Å²) in [5.41, 5.74) is 11.0. The number of nitrogens with zero attached hydrogens (tertiary/aromatic N) is 2. The molecule has 0 saturated heterocycles. The predicted molar refractivity (Wildman–Crippen MR) is 108 cm³/mol. The molecule has 7 nitrogen and oxygen atoms in total. The number of nitrogens with one attached hydrogen (secondary N) is 2. The van der Waals surface area contributed by atoms with Gasteiger partial charge in [-0.2, -0.15) is 5.10 Å². The molecule has 0 unspecified atom stereocenters. The van der Waals surface area contributed by atoms with Crippen molar-refractivity contribution in [3.63, 3.8) is 0 Å². The number of hydrogen-bond acceptors (Lipinski definition) is 4. The smallest absolute Gasteiger partial charge is 0.251 e. The lowest BCUT2D eigenvalue weighted by molar-refractivity contribution is -0.111. The van der Waals surface area contributed by atoms with Crippen LogP contribution in [0.2, 0.25) is 0 Å². The molecule has 1 aliphatic rings. The number of carbonyl (C=O) groups is 2. The third kappa shape index (κ3) is 3.25. The van der Waals surface area contributed by atoms with Gasteiger partial charge >= 0.3 is 0 Å². The van der Waals surface area contributed by atoms with Gasteiger partial charge < -0.3 is 16.4 Å². The van der Waals surface area contributed by atoms with Crippen molar-refractivity contribution in [2.45, 2.75) is 6.42 Å². The molecule has 0 radical (unpaired) electrons. The zero-order valence-corrected chi connectivity index (χ0v) is 15.1. The second kappa shape index (κ2) is 7.03. The van der Waals surface area contributed by atoms with Gasteiger partial charge in [0.2, 0.25) is 5.91 Å². The van der Waals surface area contributed by atoms with Gasteiger partial charge in [-0.1, -0.05) is 24.8 Å². The van der Waals surface area contributed by atoms with E-state index in [2.05, 4.69) is 22.3 Å². The highest BCUT2D eigenvalue weighted by atomic mass is 16.2. The van der Waals surface area contributed by atoms with E-state index in [9.17, 15) is 9.59 Å². The van der Waals surface area contributed by atoms with E-state index in [0.717, 1.165) is 28.8 Å². The molecule has 0 saturated carbocycles. The van der Waals surface area contributed by atoms with Crippen LogP contribution in [0.5, 0.6) is 0 Å². The van der Waals surface area contributed by atoms with Crippen molar-refractivity contribution >= 4 is 23.3 Å². The number of nitrogen functional groups attached to an aromatic ring is 1. The van der Waals surface area contributed by atoms with Crippen LogP contribution in [-0.4, -0.2) is 28.1 Å². The topological polar surface area (TPSA) is 102 Å². The first-order chi connectivity index (χ1) is 13.5. The normalized spacial score (nSPS) is 12.8. The van der Waals surface area contributed by atoms with Crippen molar-refractivity contribution in [1.29, 1.82) is 0 Å². The second-order valence-corrected chi connectivity index (χ2v) is 6.49. The van der Waals surface area contributed by atoms with Crippen LogP contribution < -0.4 is 16.4 Å². The first-order valence-corrected chi connectivity index (χ1v) is 8.85. The monoisotopic (exact) mass is 373 g/mol. The summed E-state index contributed by atoms with van der Waals surface area (Å²) in [7, 11) is 0. The maximum atomic E-state index is 11.9. The summed E-state index contributed by atoms with van der Waals surface area (Å²) in [5, 5.41) is 9.97. The number of nitrogens with two attached hydrogens (primary N) is 1. The van der Waals surface area contributed by atoms with E-state index < -0.39 is 0 Å². The molecule has 140 valence electrons. The third-order valence-corrected chi connectivity index (χ3v) is 4.65. The number of carbonyl (C=O) groups excluding carboxylic acids is 2. The van der Waals surface area contributed by atoms with Gasteiger partial charge in [-0.25, -0.2) is 4.68 Å². The first kappa shape index (κ1) is 17.5. The van der Waals surface area contributed by atoms with Crippen LogP contribution in [0.1, 0.15) is 15.9 Å². The molecule has 2 amide bonds. The molecule has 2 heterocycles. The Morgan fingerprint density at radius 3 is 2.93 bits per heavy atom. The van der Waals surface area contributed by atoms with E-state index in [1.165, 1.54) is 6.08 Å². The largest absolute Gasteiger partial charge is 0.382 e. The molecule has 7 heteroatoms. The Hall–Kier alpha value is -3.87. The van der Waals surface area contributed by atoms with Crippen molar-refractivity contribution in [1.82, 2.24) is 15.1 Å². The van der Waals surface area contributed by atoms with Crippen LogP contribution in [-0.2, 0) is 11.2 Å². The Balaban J connectivity index is 1.68. The van der Waals surface area contributed by atoms with Gasteiger partial charge in [0.05, 0.1) is 5.69 Å². The lowest BCUT2D eigenvalue weighted by Crippen LogP contribution is -2.31. The zero-order valence-electron chi connectivity index (χ0n) is 15.1. The molecule has 0 bridgehead atoms. The molecule has 0 atom stereocenters.